The van der Waals surface area contributed by atoms with E-state index < -0.39 is 15.8 Å². The largest absolute Gasteiger partial charge is 0.396 e. The van der Waals surface area contributed by atoms with Gasteiger partial charge in [-0.2, -0.15) is 11.8 Å². The summed E-state index contributed by atoms with van der Waals surface area (Å²) in [5.74, 6) is -0.645. The summed E-state index contributed by atoms with van der Waals surface area (Å²) in [5, 5.41) is 0. The van der Waals surface area contributed by atoms with E-state index in [2.05, 4.69) is 20.7 Å². The normalized spacial score (nSPS) is 17.4. The quantitative estimate of drug-likeness (QED) is 0.782. The topological polar surface area (TPSA) is 72.2 Å². The van der Waals surface area contributed by atoms with Crippen LogP contribution in [-0.4, -0.2) is 26.0 Å². The third kappa shape index (κ3) is 3.24. The predicted molar refractivity (Wildman–Crippen MR) is 79.2 cm³/mol. The molecular weight excluding hydrogens is 355 g/mol. The predicted octanol–water partition coefficient (Wildman–Crippen LogP) is 2.34. The minimum atomic E-state index is -3.69. The standard InChI is InChI=1S/C11H14BrFN2O2S2/c1-18-11(2-3-11)6-15-19(16,17)10-5-9(14)8(13)4-7(10)12/h4-5,15H,2-3,6,14H2,1H3. The Balaban J connectivity index is 2.22. The minimum Gasteiger partial charge on any atom is -0.396 e. The molecule has 0 bridgehead atoms. The van der Waals surface area contributed by atoms with Crippen LogP contribution < -0.4 is 10.5 Å². The van der Waals surface area contributed by atoms with Crippen LogP contribution in [-0.2, 0) is 10.0 Å². The van der Waals surface area contributed by atoms with Crippen LogP contribution in [0.15, 0.2) is 21.5 Å². The minimum absolute atomic E-state index is 0.0190. The van der Waals surface area contributed by atoms with Gasteiger partial charge in [-0.1, -0.05) is 0 Å². The molecule has 0 heterocycles. The van der Waals surface area contributed by atoms with Crippen molar-refractivity contribution in [2.75, 3.05) is 18.5 Å². The number of nitrogens with two attached hydrogens (primary N) is 1. The Morgan fingerprint density at radius 2 is 2.16 bits per heavy atom. The van der Waals surface area contributed by atoms with Crippen LogP contribution in [0.25, 0.3) is 0 Å². The molecule has 2 rings (SSSR count). The summed E-state index contributed by atoms with van der Waals surface area (Å²) in [7, 11) is -3.69. The Kier molecular flexibility index (Phi) is 4.15. The lowest BCUT2D eigenvalue weighted by Gasteiger charge is -2.14. The van der Waals surface area contributed by atoms with Crippen LogP contribution in [0.2, 0.25) is 0 Å². The number of hydrogen-bond donors (Lipinski definition) is 2. The van der Waals surface area contributed by atoms with E-state index in [4.69, 9.17) is 5.73 Å². The number of halogens is 2. The zero-order valence-electron chi connectivity index (χ0n) is 10.2. The van der Waals surface area contributed by atoms with Gasteiger partial charge in [-0.15, -0.1) is 0 Å². The highest BCUT2D eigenvalue weighted by Crippen LogP contribution is 2.46. The van der Waals surface area contributed by atoms with Crippen molar-refractivity contribution in [3.63, 3.8) is 0 Å². The van der Waals surface area contributed by atoms with Gasteiger partial charge in [0.15, 0.2) is 0 Å². The second-order valence-corrected chi connectivity index (χ2v) is 8.38. The SMILES string of the molecule is CSC1(CNS(=O)(=O)c2cc(N)c(F)cc2Br)CC1. The highest BCUT2D eigenvalue weighted by molar-refractivity contribution is 9.10. The summed E-state index contributed by atoms with van der Waals surface area (Å²) in [4.78, 5) is -0.0386. The van der Waals surface area contributed by atoms with Crippen molar-refractivity contribution in [1.82, 2.24) is 4.72 Å². The number of sulfonamides is 1. The summed E-state index contributed by atoms with van der Waals surface area (Å²) < 4.78 is 40.3. The Labute approximate surface area is 124 Å². The molecule has 1 aromatic rings. The summed E-state index contributed by atoms with van der Waals surface area (Å²) in [6.07, 6.45) is 3.97. The van der Waals surface area contributed by atoms with E-state index in [0.29, 0.717) is 6.54 Å². The van der Waals surface area contributed by atoms with Gasteiger partial charge in [-0.3, -0.25) is 0 Å². The van der Waals surface area contributed by atoms with Crippen molar-refractivity contribution in [1.29, 1.82) is 0 Å². The number of hydrogen-bond acceptors (Lipinski definition) is 4. The first-order valence-corrected chi connectivity index (χ1v) is 9.09. The smallest absolute Gasteiger partial charge is 0.241 e. The van der Waals surface area contributed by atoms with E-state index in [-0.39, 0.29) is 19.8 Å². The van der Waals surface area contributed by atoms with Crippen LogP contribution >= 0.6 is 27.7 Å². The molecule has 3 N–H and O–H groups in total. The second kappa shape index (κ2) is 5.23. The number of benzene rings is 1. The maximum atomic E-state index is 13.2. The second-order valence-electron chi connectivity index (χ2n) is 4.52. The van der Waals surface area contributed by atoms with Gasteiger partial charge in [0.05, 0.1) is 10.6 Å². The molecule has 1 saturated carbocycles. The maximum Gasteiger partial charge on any atom is 0.241 e. The number of thioether (sulfide) groups is 1. The molecule has 1 aromatic carbocycles. The van der Waals surface area contributed by atoms with Crippen molar-refractivity contribution >= 4 is 43.4 Å². The average Bonchev–Trinajstić information content (AvgIpc) is 3.12. The number of anilines is 1. The molecule has 8 heteroatoms. The highest BCUT2D eigenvalue weighted by Gasteiger charge is 2.42. The fraction of sp³-hybridized carbons (Fsp3) is 0.455. The summed E-state index contributed by atoms with van der Waals surface area (Å²) in [5.41, 5.74) is 5.23. The van der Waals surface area contributed by atoms with Crippen molar-refractivity contribution < 1.29 is 12.8 Å². The Hall–Kier alpha value is -0.310. The van der Waals surface area contributed by atoms with Crippen LogP contribution in [0.1, 0.15) is 12.8 Å². The fourth-order valence-electron chi connectivity index (χ4n) is 1.65. The van der Waals surface area contributed by atoms with Gasteiger partial charge in [0.25, 0.3) is 0 Å². The number of nitrogens with one attached hydrogen (secondary N) is 1. The van der Waals surface area contributed by atoms with E-state index in [1.807, 2.05) is 6.26 Å². The first-order chi connectivity index (χ1) is 8.80. The fourth-order valence-corrected chi connectivity index (χ4v) is 4.64. The van der Waals surface area contributed by atoms with E-state index in [1.54, 1.807) is 11.8 Å². The van der Waals surface area contributed by atoms with Crippen molar-refractivity contribution in [3.8, 4) is 0 Å². The van der Waals surface area contributed by atoms with Gasteiger partial charge < -0.3 is 5.73 Å². The van der Waals surface area contributed by atoms with E-state index >= 15 is 0 Å². The summed E-state index contributed by atoms with van der Waals surface area (Å²) in [6, 6.07) is 2.19. The molecule has 0 amide bonds. The Morgan fingerprint density at radius 1 is 1.53 bits per heavy atom. The van der Waals surface area contributed by atoms with Gasteiger partial charge in [0, 0.05) is 15.8 Å². The summed E-state index contributed by atoms with van der Waals surface area (Å²) in [6.45, 7) is 0.375. The average molecular weight is 369 g/mol. The molecule has 106 valence electrons. The van der Waals surface area contributed by atoms with Crippen LogP contribution in [0.4, 0.5) is 10.1 Å². The van der Waals surface area contributed by atoms with Crippen molar-refractivity contribution in [2.24, 2.45) is 0 Å². The Morgan fingerprint density at radius 3 is 2.68 bits per heavy atom. The first kappa shape index (κ1) is 15.1. The molecule has 0 radical (unpaired) electrons. The maximum absolute atomic E-state index is 13.2. The lowest BCUT2D eigenvalue weighted by atomic mass is 10.3. The molecule has 4 nitrogen and oxygen atoms in total. The van der Waals surface area contributed by atoms with E-state index in [0.717, 1.165) is 25.0 Å². The number of rotatable bonds is 5. The molecule has 0 saturated heterocycles. The first-order valence-electron chi connectivity index (χ1n) is 5.59. The van der Waals surface area contributed by atoms with E-state index in [9.17, 15) is 12.8 Å². The molecule has 19 heavy (non-hydrogen) atoms. The molecule has 0 aliphatic heterocycles. The van der Waals surface area contributed by atoms with Crippen LogP contribution in [0.3, 0.4) is 0 Å². The van der Waals surface area contributed by atoms with Gasteiger partial charge >= 0.3 is 0 Å². The van der Waals surface area contributed by atoms with Crippen LogP contribution in [0.5, 0.6) is 0 Å². The number of nitrogen functional groups attached to an aromatic ring is 1. The molecule has 1 aliphatic rings. The van der Waals surface area contributed by atoms with Gasteiger partial charge in [-0.05, 0) is 47.2 Å². The lowest BCUT2D eigenvalue weighted by molar-refractivity contribution is 0.578. The molecule has 0 spiro atoms. The lowest BCUT2D eigenvalue weighted by Crippen LogP contribution is -2.32. The molecule has 1 aliphatic carbocycles. The molecule has 0 atom stereocenters. The third-order valence-corrected chi connectivity index (χ3v) is 6.94. The highest BCUT2D eigenvalue weighted by atomic mass is 79.9. The van der Waals surface area contributed by atoms with Gasteiger partial charge in [0.2, 0.25) is 10.0 Å². The molecular formula is C11H14BrFN2O2S2. The molecule has 1 fully saturated rings. The van der Waals surface area contributed by atoms with Gasteiger partial charge in [-0.25, -0.2) is 17.5 Å². The molecule has 0 unspecified atom stereocenters. The van der Waals surface area contributed by atoms with Crippen molar-refractivity contribution in [2.45, 2.75) is 22.5 Å². The summed E-state index contributed by atoms with van der Waals surface area (Å²) >= 11 is 4.71. The Bertz CT molecular complexity index is 603. The third-order valence-electron chi connectivity index (χ3n) is 3.17. The monoisotopic (exact) mass is 368 g/mol. The van der Waals surface area contributed by atoms with Crippen molar-refractivity contribution in [3.05, 3.63) is 22.4 Å². The zero-order chi connectivity index (χ0) is 14.3. The van der Waals surface area contributed by atoms with E-state index in [1.165, 1.54) is 0 Å². The molecule has 0 aromatic heterocycles. The zero-order valence-corrected chi connectivity index (χ0v) is 13.5. The van der Waals surface area contributed by atoms with Crippen LogP contribution in [0, 0.1) is 5.82 Å². The van der Waals surface area contributed by atoms with Gasteiger partial charge in [0.1, 0.15) is 5.82 Å².